The van der Waals surface area contributed by atoms with E-state index >= 15 is 0 Å². The van der Waals surface area contributed by atoms with Gasteiger partial charge in [0.1, 0.15) is 0 Å². The Bertz CT molecular complexity index is 1590. The third kappa shape index (κ3) is 5.48. The first-order chi connectivity index (χ1) is 19.6. The van der Waals surface area contributed by atoms with Gasteiger partial charge in [-0.3, -0.25) is 4.79 Å². The van der Waals surface area contributed by atoms with Gasteiger partial charge >= 0.3 is 18.2 Å². The van der Waals surface area contributed by atoms with Gasteiger partial charge in [0.05, 0.1) is 43.0 Å². The standard InChI is InChI=1S/C27H23F3N6O5/c1-34(19-14-31-26(40-2)32-15-19)24(37)17-5-3-6-18(13-17)36-23-21(22(33-36)27(28,29)30)7-4-12-35(23)41-20-10-8-16(9-11-20)25(38)39/h3,5-6,8-11,13-15H,4,7,12H2,1-2H3,(H,38,39). The summed E-state index contributed by atoms with van der Waals surface area (Å²) in [6.45, 7) is 0.246. The van der Waals surface area contributed by atoms with Crippen LogP contribution in [0, 0.1) is 0 Å². The first-order valence-electron chi connectivity index (χ1n) is 12.3. The Hall–Kier alpha value is -5.14. The molecule has 1 aliphatic heterocycles. The minimum atomic E-state index is -4.73. The Balaban J connectivity index is 1.52. The molecule has 0 saturated carbocycles. The van der Waals surface area contributed by atoms with Crippen LogP contribution in [0.4, 0.5) is 24.7 Å². The number of amides is 1. The number of carbonyl (C=O) groups is 2. The molecule has 5 rings (SSSR count). The van der Waals surface area contributed by atoms with Crippen LogP contribution in [0.3, 0.4) is 0 Å². The molecule has 1 amide bonds. The Labute approximate surface area is 231 Å². The van der Waals surface area contributed by atoms with Gasteiger partial charge in [-0.25, -0.2) is 19.4 Å². The number of hydroxylamine groups is 1. The molecule has 212 valence electrons. The van der Waals surface area contributed by atoms with E-state index in [4.69, 9.17) is 14.7 Å². The van der Waals surface area contributed by atoms with Gasteiger partial charge in [0, 0.05) is 18.2 Å². The zero-order valence-corrected chi connectivity index (χ0v) is 21.8. The summed E-state index contributed by atoms with van der Waals surface area (Å²) in [6.07, 6.45) is -1.44. The predicted octanol–water partition coefficient (Wildman–Crippen LogP) is 4.41. The molecule has 1 N–H and O–H groups in total. The van der Waals surface area contributed by atoms with Crippen molar-refractivity contribution in [2.24, 2.45) is 0 Å². The SMILES string of the molecule is COc1ncc(N(C)C(=O)c2cccc(-n3nc(C(F)(F)F)c4c3N(Oc3ccc(C(=O)O)cc3)CCC4)c2)cn1. The average Bonchev–Trinajstić information content (AvgIpc) is 3.38. The summed E-state index contributed by atoms with van der Waals surface area (Å²) in [5.41, 5.74) is -0.287. The summed E-state index contributed by atoms with van der Waals surface area (Å²) in [4.78, 5) is 39.6. The van der Waals surface area contributed by atoms with Crippen LogP contribution in [0.25, 0.3) is 5.69 Å². The molecule has 0 atom stereocenters. The average molecular weight is 569 g/mol. The van der Waals surface area contributed by atoms with E-state index in [-0.39, 0.29) is 52.9 Å². The molecule has 2 aromatic heterocycles. The lowest BCUT2D eigenvalue weighted by atomic mass is 10.1. The van der Waals surface area contributed by atoms with Crippen LogP contribution < -0.4 is 19.5 Å². The van der Waals surface area contributed by atoms with Gasteiger partial charge in [0.15, 0.2) is 17.3 Å². The summed E-state index contributed by atoms with van der Waals surface area (Å²) < 4.78 is 48.2. The van der Waals surface area contributed by atoms with Crippen molar-refractivity contribution >= 4 is 23.4 Å². The second-order valence-electron chi connectivity index (χ2n) is 9.03. The second-order valence-corrected chi connectivity index (χ2v) is 9.03. The van der Waals surface area contributed by atoms with E-state index in [1.807, 2.05) is 0 Å². The number of halogens is 3. The number of hydrogen-bond acceptors (Lipinski definition) is 8. The fourth-order valence-electron chi connectivity index (χ4n) is 4.39. The number of ether oxygens (including phenoxy) is 1. The highest BCUT2D eigenvalue weighted by molar-refractivity contribution is 6.05. The molecule has 0 aliphatic carbocycles. The third-order valence-electron chi connectivity index (χ3n) is 6.39. The van der Waals surface area contributed by atoms with E-state index in [2.05, 4.69) is 15.1 Å². The quantitative estimate of drug-likeness (QED) is 0.345. The van der Waals surface area contributed by atoms with Gasteiger partial charge < -0.3 is 19.6 Å². The number of hydrogen-bond donors (Lipinski definition) is 1. The maximum absolute atomic E-state index is 14.1. The number of benzene rings is 2. The van der Waals surface area contributed by atoms with Crippen LogP contribution in [-0.4, -0.2) is 57.4 Å². The van der Waals surface area contributed by atoms with E-state index in [0.717, 1.165) is 4.68 Å². The molecular weight excluding hydrogens is 545 g/mol. The molecule has 41 heavy (non-hydrogen) atoms. The molecule has 2 aromatic carbocycles. The van der Waals surface area contributed by atoms with Crippen molar-refractivity contribution in [3.8, 4) is 17.4 Å². The zero-order chi connectivity index (χ0) is 29.3. The first kappa shape index (κ1) is 27.4. The molecule has 14 heteroatoms. The summed E-state index contributed by atoms with van der Waals surface area (Å²) in [5, 5.41) is 14.4. The van der Waals surface area contributed by atoms with E-state index in [0.29, 0.717) is 12.1 Å². The predicted molar refractivity (Wildman–Crippen MR) is 140 cm³/mol. The van der Waals surface area contributed by atoms with Gasteiger partial charge in [-0.1, -0.05) is 6.07 Å². The molecule has 0 saturated heterocycles. The van der Waals surface area contributed by atoms with Crippen LogP contribution in [0.2, 0.25) is 0 Å². The summed E-state index contributed by atoms with van der Waals surface area (Å²) >= 11 is 0. The number of aromatic carboxylic acids is 1. The van der Waals surface area contributed by atoms with E-state index in [1.54, 1.807) is 6.07 Å². The van der Waals surface area contributed by atoms with Crippen molar-refractivity contribution in [3.05, 3.63) is 83.3 Å². The van der Waals surface area contributed by atoms with Gasteiger partial charge in [-0.2, -0.15) is 23.3 Å². The number of alkyl halides is 3. The van der Waals surface area contributed by atoms with Crippen molar-refractivity contribution in [2.45, 2.75) is 19.0 Å². The molecule has 0 spiro atoms. The first-order valence-corrected chi connectivity index (χ1v) is 12.3. The van der Waals surface area contributed by atoms with Crippen molar-refractivity contribution in [3.63, 3.8) is 0 Å². The largest absolute Gasteiger partial charge is 0.478 e. The molecule has 11 nitrogen and oxygen atoms in total. The number of nitrogens with zero attached hydrogens (tertiary/aromatic N) is 6. The van der Waals surface area contributed by atoms with Crippen molar-refractivity contribution in [2.75, 3.05) is 30.7 Å². The number of fused-ring (bicyclic) bond motifs is 1. The Morgan fingerprint density at radius 3 is 2.39 bits per heavy atom. The molecule has 4 aromatic rings. The number of carboxylic acids is 1. The van der Waals surface area contributed by atoms with Crippen molar-refractivity contribution in [1.29, 1.82) is 0 Å². The minimum absolute atomic E-state index is 0.0359. The second kappa shape index (κ2) is 10.8. The highest BCUT2D eigenvalue weighted by Crippen LogP contribution is 2.40. The lowest BCUT2D eigenvalue weighted by molar-refractivity contribution is -0.142. The van der Waals surface area contributed by atoms with Crippen molar-refractivity contribution in [1.82, 2.24) is 19.7 Å². The highest BCUT2D eigenvalue weighted by Gasteiger charge is 2.42. The number of anilines is 2. The Morgan fingerprint density at radius 1 is 1.05 bits per heavy atom. The molecule has 0 bridgehead atoms. The molecule has 0 radical (unpaired) electrons. The third-order valence-corrected chi connectivity index (χ3v) is 6.39. The molecule has 3 heterocycles. The fraction of sp³-hybridized carbons (Fsp3) is 0.222. The smallest absolute Gasteiger partial charge is 0.435 e. The highest BCUT2D eigenvalue weighted by atomic mass is 19.4. The van der Waals surface area contributed by atoms with Gasteiger partial charge in [-0.05, 0) is 55.3 Å². The van der Waals surface area contributed by atoms with Gasteiger partial charge in [-0.15, -0.1) is 0 Å². The van der Waals surface area contributed by atoms with Gasteiger partial charge in [0.2, 0.25) is 0 Å². The topological polar surface area (TPSA) is 123 Å². The molecule has 1 aliphatic rings. The maximum Gasteiger partial charge on any atom is 0.435 e. The lowest BCUT2D eigenvalue weighted by Crippen LogP contribution is -2.34. The number of carbonyl (C=O) groups excluding carboxylic acids is 1. The van der Waals surface area contributed by atoms with E-state index in [1.165, 1.54) is 79.0 Å². The fourth-order valence-corrected chi connectivity index (χ4v) is 4.39. The number of rotatable bonds is 7. The van der Waals surface area contributed by atoms with Crippen LogP contribution in [0.1, 0.15) is 38.4 Å². The van der Waals surface area contributed by atoms with Crippen LogP contribution in [-0.2, 0) is 12.6 Å². The Morgan fingerprint density at radius 2 is 1.76 bits per heavy atom. The molecule has 0 fully saturated rings. The lowest BCUT2D eigenvalue weighted by Gasteiger charge is -2.29. The number of aromatic nitrogens is 4. The number of carboxylic acid groups (broad SMARTS) is 1. The van der Waals surface area contributed by atoms with E-state index in [9.17, 15) is 22.8 Å². The zero-order valence-electron chi connectivity index (χ0n) is 21.8. The van der Waals surface area contributed by atoms with Crippen LogP contribution >= 0.6 is 0 Å². The summed E-state index contributed by atoms with van der Waals surface area (Å²) in [6, 6.07) is 11.7. The van der Waals surface area contributed by atoms with Gasteiger partial charge in [0.25, 0.3) is 5.91 Å². The molecular formula is C27H23F3N6O5. The number of methoxy groups -OCH3 is 1. The van der Waals surface area contributed by atoms with Crippen LogP contribution in [0.5, 0.6) is 11.8 Å². The summed E-state index contributed by atoms with van der Waals surface area (Å²) in [7, 11) is 2.93. The van der Waals surface area contributed by atoms with Crippen LogP contribution in [0.15, 0.2) is 60.9 Å². The summed E-state index contributed by atoms with van der Waals surface area (Å²) in [5.74, 6) is -1.28. The monoisotopic (exact) mass is 568 g/mol. The molecule has 0 unspecified atom stereocenters. The van der Waals surface area contributed by atoms with Crippen molar-refractivity contribution < 1.29 is 37.4 Å². The van der Waals surface area contributed by atoms with E-state index < -0.39 is 23.7 Å². The normalized spacial score (nSPS) is 13.0. The Kier molecular flexibility index (Phi) is 7.22. The maximum atomic E-state index is 14.1. The minimum Gasteiger partial charge on any atom is -0.478 e.